The van der Waals surface area contributed by atoms with E-state index < -0.39 is 4.92 Å². The number of nitrogens with one attached hydrogen (secondary N) is 2. The van der Waals surface area contributed by atoms with Gasteiger partial charge in [0.15, 0.2) is 0 Å². The fourth-order valence-electron chi connectivity index (χ4n) is 2.24. The number of carbonyl (C=O) groups excluding carboxylic acids is 1. The van der Waals surface area contributed by atoms with Gasteiger partial charge >= 0.3 is 6.03 Å². The Morgan fingerprint density at radius 1 is 1.48 bits per heavy atom. The Bertz CT molecular complexity index is 504. The molecule has 1 fully saturated rings. The van der Waals surface area contributed by atoms with E-state index in [1.165, 1.54) is 17.9 Å². The van der Waals surface area contributed by atoms with Crippen molar-refractivity contribution in [3.8, 4) is 0 Å². The van der Waals surface area contributed by atoms with Crippen molar-refractivity contribution in [1.82, 2.24) is 10.6 Å². The molecule has 21 heavy (non-hydrogen) atoms. The highest BCUT2D eigenvalue weighted by molar-refractivity contribution is 7.99. The van der Waals surface area contributed by atoms with Crippen LogP contribution in [0.1, 0.15) is 18.4 Å². The highest BCUT2D eigenvalue weighted by Gasteiger charge is 2.15. The molecule has 7 heteroatoms. The van der Waals surface area contributed by atoms with Gasteiger partial charge in [0.25, 0.3) is 5.69 Å². The van der Waals surface area contributed by atoms with Gasteiger partial charge in [-0.05, 0) is 30.6 Å². The molecule has 1 heterocycles. The third-order valence-corrected chi connectivity index (χ3v) is 4.53. The van der Waals surface area contributed by atoms with Gasteiger partial charge in [-0.25, -0.2) is 4.79 Å². The molecule has 0 aliphatic carbocycles. The van der Waals surface area contributed by atoms with Crippen molar-refractivity contribution >= 4 is 23.5 Å². The molecule has 1 saturated heterocycles. The van der Waals surface area contributed by atoms with Gasteiger partial charge in [-0.3, -0.25) is 10.1 Å². The monoisotopic (exact) mass is 309 g/mol. The number of non-ortho nitro benzene ring substituents is 1. The lowest BCUT2D eigenvalue weighted by Crippen LogP contribution is -2.44. The fourth-order valence-corrected chi connectivity index (χ4v) is 3.31. The SMILES string of the molecule is O=C(NCCc1cccc([N+](=O)[O-])c1)NC1CCCSC1. The second-order valence-electron chi connectivity index (χ2n) is 4.99. The van der Waals surface area contributed by atoms with Gasteiger partial charge in [-0.1, -0.05) is 12.1 Å². The lowest BCUT2D eigenvalue weighted by atomic mass is 10.1. The highest BCUT2D eigenvalue weighted by Crippen LogP contribution is 2.16. The van der Waals surface area contributed by atoms with Crippen LogP contribution in [0.3, 0.4) is 0 Å². The van der Waals surface area contributed by atoms with Gasteiger partial charge in [0.05, 0.1) is 4.92 Å². The number of urea groups is 1. The standard InChI is InChI=1S/C14H19N3O3S/c18-14(16-12-4-2-8-21-10-12)15-7-6-11-3-1-5-13(9-11)17(19)20/h1,3,5,9,12H,2,4,6-8,10H2,(H2,15,16,18). The van der Waals surface area contributed by atoms with Crippen molar-refractivity contribution < 1.29 is 9.72 Å². The van der Waals surface area contributed by atoms with Crippen LogP contribution in [0.2, 0.25) is 0 Å². The Hall–Kier alpha value is -1.76. The van der Waals surface area contributed by atoms with Gasteiger partial charge in [-0.2, -0.15) is 11.8 Å². The summed E-state index contributed by atoms with van der Waals surface area (Å²) in [6, 6.07) is 6.58. The molecule has 1 aliphatic heterocycles. The minimum Gasteiger partial charge on any atom is -0.338 e. The number of hydrogen-bond acceptors (Lipinski definition) is 4. The maximum atomic E-state index is 11.7. The van der Waals surface area contributed by atoms with Crippen LogP contribution in [0.5, 0.6) is 0 Å². The molecule has 0 radical (unpaired) electrons. The van der Waals surface area contributed by atoms with Gasteiger partial charge in [0.1, 0.15) is 0 Å². The van der Waals surface area contributed by atoms with Gasteiger partial charge in [0.2, 0.25) is 0 Å². The second kappa shape index (κ2) is 7.87. The van der Waals surface area contributed by atoms with Crippen LogP contribution in [0.4, 0.5) is 10.5 Å². The number of amides is 2. The molecule has 2 amide bonds. The first kappa shape index (κ1) is 15.6. The molecule has 0 aromatic heterocycles. The van der Waals surface area contributed by atoms with E-state index in [1.54, 1.807) is 6.07 Å². The number of nitro groups is 1. The molecule has 0 spiro atoms. The Morgan fingerprint density at radius 2 is 2.33 bits per heavy atom. The minimum atomic E-state index is -0.412. The summed E-state index contributed by atoms with van der Waals surface area (Å²) in [7, 11) is 0. The summed E-state index contributed by atoms with van der Waals surface area (Å²) in [6.07, 6.45) is 2.75. The minimum absolute atomic E-state index is 0.0798. The first-order valence-electron chi connectivity index (χ1n) is 7.00. The predicted molar refractivity (Wildman–Crippen MR) is 83.7 cm³/mol. The number of nitrogens with zero attached hydrogens (tertiary/aromatic N) is 1. The summed E-state index contributed by atoms with van der Waals surface area (Å²) in [5.74, 6) is 2.14. The molecule has 1 unspecified atom stereocenters. The highest BCUT2D eigenvalue weighted by atomic mass is 32.2. The van der Waals surface area contributed by atoms with Crippen LogP contribution in [0, 0.1) is 10.1 Å². The molecule has 6 nitrogen and oxygen atoms in total. The van der Waals surface area contributed by atoms with E-state index in [2.05, 4.69) is 10.6 Å². The van der Waals surface area contributed by atoms with Crippen molar-refractivity contribution in [3.05, 3.63) is 39.9 Å². The third-order valence-electron chi connectivity index (χ3n) is 3.32. The van der Waals surface area contributed by atoms with Crippen LogP contribution < -0.4 is 10.6 Å². The average molecular weight is 309 g/mol. The summed E-state index contributed by atoms with van der Waals surface area (Å²) >= 11 is 1.86. The second-order valence-corrected chi connectivity index (χ2v) is 6.14. The van der Waals surface area contributed by atoms with E-state index in [0.29, 0.717) is 13.0 Å². The zero-order valence-electron chi connectivity index (χ0n) is 11.7. The van der Waals surface area contributed by atoms with Gasteiger partial charge < -0.3 is 10.6 Å². The van der Waals surface area contributed by atoms with E-state index in [4.69, 9.17) is 0 Å². The van der Waals surface area contributed by atoms with Crippen molar-refractivity contribution in [2.24, 2.45) is 0 Å². The van der Waals surface area contributed by atoms with Crippen molar-refractivity contribution in [2.45, 2.75) is 25.3 Å². The lowest BCUT2D eigenvalue weighted by molar-refractivity contribution is -0.384. The Labute approximate surface area is 127 Å². The Kier molecular flexibility index (Phi) is 5.86. The topological polar surface area (TPSA) is 84.3 Å². The van der Waals surface area contributed by atoms with E-state index in [-0.39, 0.29) is 17.8 Å². The smallest absolute Gasteiger partial charge is 0.315 e. The van der Waals surface area contributed by atoms with Gasteiger partial charge in [-0.15, -0.1) is 0 Å². The third kappa shape index (κ3) is 5.26. The number of benzene rings is 1. The van der Waals surface area contributed by atoms with Crippen LogP contribution >= 0.6 is 11.8 Å². The molecule has 2 N–H and O–H groups in total. The fraction of sp³-hybridized carbons (Fsp3) is 0.500. The summed E-state index contributed by atoms with van der Waals surface area (Å²) in [6.45, 7) is 0.465. The molecule has 0 bridgehead atoms. The molecule has 1 aromatic rings. The quantitative estimate of drug-likeness (QED) is 0.646. The van der Waals surface area contributed by atoms with Crippen molar-refractivity contribution in [3.63, 3.8) is 0 Å². The molecule has 2 rings (SSSR count). The van der Waals surface area contributed by atoms with Crippen LogP contribution in [-0.2, 0) is 6.42 Å². The number of hydrogen-bond donors (Lipinski definition) is 2. The summed E-state index contributed by atoms with van der Waals surface area (Å²) in [5, 5.41) is 16.4. The molecule has 0 saturated carbocycles. The zero-order chi connectivity index (χ0) is 15.1. The van der Waals surface area contributed by atoms with Crippen LogP contribution in [0.25, 0.3) is 0 Å². The number of carbonyl (C=O) groups is 1. The lowest BCUT2D eigenvalue weighted by Gasteiger charge is -2.22. The number of nitro benzene ring substituents is 1. The molecule has 1 aromatic carbocycles. The Balaban J connectivity index is 1.72. The van der Waals surface area contributed by atoms with E-state index >= 15 is 0 Å². The Morgan fingerprint density at radius 3 is 3.05 bits per heavy atom. The van der Waals surface area contributed by atoms with E-state index in [0.717, 1.165) is 24.2 Å². The average Bonchev–Trinajstić information content (AvgIpc) is 2.48. The summed E-state index contributed by atoms with van der Waals surface area (Å²) in [5.41, 5.74) is 0.925. The normalized spacial score (nSPS) is 18.0. The van der Waals surface area contributed by atoms with Crippen molar-refractivity contribution in [1.29, 1.82) is 0 Å². The summed E-state index contributed by atoms with van der Waals surface area (Å²) in [4.78, 5) is 22.0. The molecular formula is C14H19N3O3S. The largest absolute Gasteiger partial charge is 0.338 e. The number of thioether (sulfide) groups is 1. The molecule has 1 atom stereocenters. The molecule has 114 valence electrons. The van der Waals surface area contributed by atoms with Crippen molar-refractivity contribution in [2.75, 3.05) is 18.1 Å². The summed E-state index contributed by atoms with van der Waals surface area (Å²) < 4.78 is 0. The maximum absolute atomic E-state index is 11.7. The zero-order valence-corrected chi connectivity index (χ0v) is 12.5. The van der Waals surface area contributed by atoms with E-state index in [1.807, 2.05) is 17.8 Å². The first-order chi connectivity index (χ1) is 10.1. The predicted octanol–water partition coefficient (Wildman–Crippen LogP) is 2.33. The first-order valence-corrected chi connectivity index (χ1v) is 8.16. The maximum Gasteiger partial charge on any atom is 0.315 e. The molecular weight excluding hydrogens is 290 g/mol. The van der Waals surface area contributed by atoms with E-state index in [9.17, 15) is 14.9 Å². The molecule has 1 aliphatic rings. The van der Waals surface area contributed by atoms with Crippen LogP contribution in [-0.4, -0.2) is 35.0 Å². The van der Waals surface area contributed by atoms with Crippen LogP contribution in [0.15, 0.2) is 24.3 Å². The van der Waals surface area contributed by atoms with Gasteiger partial charge in [0, 0.05) is 30.5 Å². The number of rotatable bonds is 5.